The molecule has 0 atom stereocenters. The van der Waals surface area contributed by atoms with Gasteiger partial charge in [0.1, 0.15) is 0 Å². The Morgan fingerprint density at radius 3 is 2.44 bits per heavy atom. The highest BCUT2D eigenvalue weighted by molar-refractivity contribution is 5.96. The van der Waals surface area contributed by atoms with E-state index in [4.69, 9.17) is 0 Å². The molecule has 0 radical (unpaired) electrons. The number of halogens is 1. The molecule has 0 aromatic heterocycles. The lowest BCUT2D eigenvalue weighted by Crippen LogP contribution is -2.57. The van der Waals surface area contributed by atoms with Crippen LogP contribution in [0.25, 0.3) is 0 Å². The lowest BCUT2D eigenvalue weighted by molar-refractivity contribution is -0.139. The van der Waals surface area contributed by atoms with Crippen molar-refractivity contribution in [3.05, 3.63) is 29.8 Å². The van der Waals surface area contributed by atoms with Crippen LogP contribution in [0.1, 0.15) is 5.56 Å². The second-order valence-electron chi connectivity index (χ2n) is 6.88. The minimum Gasteiger partial charge on any atom is -0.340 e. The van der Waals surface area contributed by atoms with Gasteiger partial charge in [-0.2, -0.15) is 0 Å². The summed E-state index contributed by atoms with van der Waals surface area (Å²) < 4.78 is 0. The molecule has 2 fully saturated rings. The van der Waals surface area contributed by atoms with Crippen molar-refractivity contribution in [3.8, 4) is 0 Å². The van der Waals surface area contributed by atoms with E-state index in [1.165, 1.54) is 5.56 Å². The van der Waals surface area contributed by atoms with E-state index < -0.39 is 0 Å². The SMILES string of the molecule is Cl.O=C(C1CNC1)N1CCN(CC(=O)N2CCc3ccccc32)CC1. The molecule has 3 heterocycles. The van der Waals surface area contributed by atoms with E-state index in [2.05, 4.69) is 16.3 Å². The third-order valence-electron chi connectivity index (χ3n) is 5.36. The number of para-hydroxylation sites is 1. The van der Waals surface area contributed by atoms with Crippen LogP contribution in [0, 0.1) is 5.92 Å². The van der Waals surface area contributed by atoms with Gasteiger partial charge in [-0.3, -0.25) is 14.5 Å². The molecule has 25 heavy (non-hydrogen) atoms. The number of rotatable bonds is 3. The predicted molar refractivity (Wildman–Crippen MR) is 99.1 cm³/mol. The number of nitrogens with one attached hydrogen (secondary N) is 1. The summed E-state index contributed by atoms with van der Waals surface area (Å²) >= 11 is 0. The van der Waals surface area contributed by atoms with Gasteiger partial charge in [-0.15, -0.1) is 12.4 Å². The van der Waals surface area contributed by atoms with E-state index in [1.807, 2.05) is 28.0 Å². The summed E-state index contributed by atoms with van der Waals surface area (Å²) in [6.07, 6.45) is 0.944. The minimum absolute atomic E-state index is 0. The molecule has 0 unspecified atom stereocenters. The van der Waals surface area contributed by atoms with Crippen LogP contribution in [-0.4, -0.2) is 74.0 Å². The number of hydrogen-bond acceptors (Lipinski definition) is 4. The molecule has 0 saturated carbocycles. The maximum absolute atomic E-state index is 12.7. The highest BCUT2D eigenvalue weighted by atomic mass is 35.5. The Labute approximate surface area is 154 Å². The number of hydrogen-bond donors (Lipinski definition) is 1. The van der Waals surface area contributed by atoms with Gasteiger partial charge in [0.2, 0.25) is 11.8 Å². The molecule has 2 amide bonds. The standard InChI is InChI=1S/C18H24N4O2.ClH/c23-17(22-6-5-14-3-1-2-4-16(14)22)13-20-7-9-21(10-8-20)18(24)15-11-19-12-15;/h1-4,15,19H,5-13H2;1H. The van der Waals surface area contributed by atoms with Gasteiger partial charge in [0.15, 0.2) is 0 Å². The Balaban J connectivity index is 0.00000182. The summed E-state index contributed by atoms with van der Waals surface area (Å²) in [4.78, 5) is 30.9. The predicted octanol–water partition coefficient (Wildman–Crippen LogP) is 0.361. The van der Waals surface area contributed by atoms with Crippen LogP contribution in [-0.2, 0) is 16.0 Å². The van der Waals surface area contributed by atoms with Crippen molar-refractivity contribution >= 4 is 29.9 Å². The second-order valence-corrected chi connectivity index (χ2v) is 6.88. The summed E-state index contributed by atoms with van der Waals surface area (Å²) in [5, 5.41) is 3.15. The van der Waals surface area contributed by atoms with Crippen LogP contribution >= 0.6 is 12.4 Å². The Bertz CT molecular complexity index is 642. The Hall–Kier alpha value is -1.63. The molecule has 0 spiro atoms. The van der Waals surface area contributed by atoms with Crippen LogP contribution in [0.3, 0.4) is 0 Å². The topological polar surface area (TPSA) is 55.9 Å². The first-order valence-electron chi connectivity index (χ1n) is 8.82. The monoisotopic (exact) mass is 364 g/mol. The zero-order valence-corrected chi connectivity index (χ0v) is 15.1. The largest absolute Gasteiger partial charge is 0.340 e. The molecule has 6 nitrogen and oxygen atoms in total. The first-order valence-corrected chi connectivity index (χ1v) is 8.82. The zero-order chi connectivity index (χ0) is 16.5. The summed E-state index contributed by atoms with van der Waals surface area (Å²) in [6, 6.07) is 8.15. The van der Waals surface area contributed by atoms with E-state index in [0.717, 1.165) is 57.9 Å². The van der Waals surface area contributed by atoms with Crippen molar-refractivity contribution in [2.75, 3.05) is 57.3 Å². The lowest BCUT2D eigenvalue weighted by Gasteiger charge is -2.38. The second kappa shape index (κ2) is 7.72. The van der Waals surface area contributed by atoms with Gasteiger partial charge < -0.3 is 15.1 Å². The summed E-state index contributed by atoms with van der Waals surface area (Å²) in [5.74, 6) is 0.607. The van der Waals surface area contributed by atoms with E-state index in [1.54, 1.807) is 0 Å². The maximum Gasteiger partial charge on any atom is 0.241 e. The van der Waals surface area contributed by atoms with Crippen LogP contribution in [0.2, 0.25) is 0 Å². The van der Waals surface area contributed by atoms with Gasteiger partial charge in [0, 0.05) is 51.5 Å². The van der Waals surface area contributed by atoms with Crippen molar-refractivity contribution < 1.29 is 9.59 Å². The number of nitrogens with zero attached hydrogens (tertiary/aromatic N) is 3. The van der Waals surface area contributed by atoms with Gasteiger partial charge >= 0.3 is 0 Å². The average Bonchev–Trinajstić information content (AvgIpc) is 2.98. The third kappa shape index (κ3) is 3.66. The smallest absolute Gasteiger partial charge is 0.241 e. The number of benzene rings is 1. The van der Waals surface area contributed by atoms with Crippen molar-refractivity contribution in [1.29, 1.82) is 0 Å². The fourth-order valence-electron chi connectivity index (χ4n) is 3.72. The number of anilines is 1. The van der Waals surface area contributed by atoms with Crippen molar-refractivity contribution in [2.24, 2.45) is 5.92 Å². The minimum atomic E-state index is 0. The Morgan fingerprint density at radius 2 is 1.76 bits per heavy atom. The summed E-state index contributed by atoms with van der Waals surface area (Å²) in [6.45, 7) is 5.89. The molecule has 2 saturated heterocycles. The highest BCUT2D eigenvalue weighted by Gasteiger charge is 2.32. The molecule has 136 valence electrons. The van der Waals surface area contributed by atoms with E-state index >= 15 is 0 Å². The molecular formula is C18H25ClN4O2. The van der Waals surface area contributed by atoms with Gasteiger partial charge in [-0.1, -0.05) is 18.2 Å². The average molecular weight is 365 g/mol. The number of amides is 2. The third-order valence-corrected chi connectivity index (χ3v) is 5.36. The molecule has 1 N–H and O–H groups in total. The number of carbonyl (C=O) groups excluding carboxylic acids is 2. The van der Waals surface area contributed by atoms with Crippen LogP contribution in [0.4, 0.5) is 5.69 Å². The molecule has 0 aliphatic carbocycles. The molecule has 3 aliphatic rings. The normalized spacial score (nSPS) is 20.6. The number of fused-ring (bicyclic) bond motifs is 1. The van der Waals surface area contributed by atoms with Gasteiger partial charge in [0.05, 0.1) is 12.5 Å². The summed E-state index contributed by atoms with van der Waals surface area (Å²) in [7, 11) is 0. The quantitative estimate of drug-likeness (QED) is 0.841. The van der Waals surface area contributed by atoms with E-state index in [9.17, 15) is 9.59 Å². The van der Waals surface area contributed by atoms with Gasteiger partial charge in [-0.05, 0) is 18.1 Å². The Morgan fingerprint density at radius 1 is 1.04 bits per heavy atom. The first kappa shape index (κ1) is 18.2. The maximum atomic E-state index is 12.7. The fourth-order valence-corrected chi connectivity index (χ4v) is 3.72. The molecule has 7 heteroatoms. The van der Waals surface area contributed by atoms with E-state index in [0.29, 0.717) is 6.54 Å². The highest BCUT2D eigenvalue weighted by Crippen LogP contribution is 2.27. The number of piperazine rings is 1. The fraction of sp³-hybridized carbons (Fsp3) is 0.556. The molecular weight excluding hydrogens is 340 g/mol. The van der Waals surface area contributed by atoms with Crippen molar-refractivity contribution in [2.45, 2.75) is 6.42 Å². The molecule has 0 bridgehead atoms. The molecule has 1 aromatic carbocycles. The lowest BCUT2D eigenvalue weighted by atomic mass is 10.0. The molecule has 4 rings (SSSR count). The van der Waals surface area contributed by atoms with Crippen LogP contribution in [0.15, 0.2) is 24.3 Å². The van der Waals surface area contributed by atoms with Crippen molar-refractivity contribution in [3.63, 3.8) is 0 Å². The number of carbonyl (C=O) groups is 2. The molecule has 3 aliphatic heterocycles. The van der Waals surface area contributed by atoms with Crippen LogP contribution in [0.5, 0.6) is 0 Å². The molecule has 1 aromatic rings. The summed E-state index contributed by atoms with van der Waals surface area (Å²) in [5.41, 5.74) is 2.32. The van der Waals surface area contributed by atoms with Crippen molar-refractivity contribution in [1.82, 2.24) is 15.1 Å². The first-order chi connectivity index (χ1) is 11.7. The Kier molecular flexibility index (Phi) is 5.61. The van der Waals surface area contributed by atoms with E-state index in [-0.39, 0.29) is 30.1 Å². The van der Waals surface area contributed by atoms with Crippen LogP contribution < -0.4 is 10.2 Å². The zero-order valence-electron chi connectivity index (χ0n) is 14.3. The van der Waals surface area contributed by atoms with Gasteiger partial charge in [-0.25, -0.2) is 0 Å². The van der Waals surface area contributed by atoms with Gasteiger partial charge in [0.25, 0.3) is 0 Å².